The third-order valence-electron chi connectivity index (χ3n) is 5.67. The number of likely N-dealkylation sites (tertiary alicyclic amines) is 1. The van der Waals surface area contributed by atoms with Crippen molar-refractivity contribution < 1.29 is 15.0 Å². The number of carbonyl (C=O) groups is 1. The van der Waals surface area contributed by atoms with Gasteiger partial charge in [0, 0.05) is 18.7 Å². The predicted octanol–water partition coefficient (Wildman–Crippen LogP) is 3.69. The zero-order valence-electron chi connectivity index (χ0n) is 16.2. The number of aliphatic hydroxyl groups excluding tert-OH is 2. The summed E-state index contributed by atoms with van der Waals surface area (Å²) in [6.45, 7) is 4.79. The molecule has 1 aliphatic rings. The lowest BCUT2D eigenvalue weighted by Gasteiger charge is -2.33. The molecule has 0 unspecified atom stereocenters. The predicted molar refractivity (Wildman–Crippen MR) is 111 cm³/mol. The average molecular weight is 375 g/mol. The topological polar surface area (TPSA) is 60.8 Å². The first-order valence-corrected chi connectivity index (χ1v) is 9.70. The summed E-state index contributed by atoms with van der Waals surface area (Å²) in [4.78, 5) is 14.8. The Kier molecular flexibility index (Phi) is 4.92. The number of aliphatic hydroxyl groups is 2. The van der Waals surface area contributed by atoms with Crippen molar-refractivity contribution >= 4 is 16.7 Å². The first kappa shape index (κ1) is 18.7. The minimum absolute atomic E-state index is 0.102. The molecule has 1 fully saturated rings. The van der Waals surface area contributed by atoms with E-state index in [1.165, 1.54) is 16.7 Å². The van der Waals surface area contributed by atoms with Crippen LogP contribution in [0.4, 0.5) is 0 Å². The highest BCUT2D eigenvalue weighted by Crippen LogP contribution is 2.33. The Balaban J connectivity index is 1.80. The largest absolute Gasteiger partial charge is 0.390 e. The highest BCUT2D eigenvalue weighted by Gasteiger charge is 2.29. The van der Waals surface area contributed by atoms with Crippen LogP contribution in [0.3, 0.4) is 0 Å². The molecule has 4 rings (SSSR count). The van der Waals surface area contributed by atoms with Gasteiger partial charge in [0.15, 0.2) is 0 Å². The Labute approximate surface area is 165 Å². The summed E-state index contributed by atoms with van der Waals surface area (Å²) < 4.78 is 0. The van der Waals surface area contributed by atoms with Crippen molar-refractivity contribution in [2.75, 3.05) is 13.1 Å². The van der Waals surface area contributed by atoms with Gasteiger partial charge in [0.1, 0.15) is 0 Å². The maximum atomic E-state index is 13.2. The summed E-state index contributed by atoms with van der Waals surface area (Å²) in [6, 6.07) is 18.3. The fourth-order valence-corrected chi connectivity index (χ4v) is 4.03. The number of hydrogen-bond donors (Lipinski definition) is 2. The molecule has 28 heavy (non-hydrogen) atoms. The van der Waals surface area contributed by atoms with E-state index in [0.29, 0.717) is 18.5 Å². The number of β-amino-alcohol motifs (C(OH)–C–C–N with tert-alkyl or cyclic N) is 1. The van der Waals surface area contributed by atoms with Crippen LogP contribution in [0.1, 0.15) is 27.9 Å². The van der Waals surface area contributed by atoms with Crippen molar-refractivity contribution in [2.45, 2.75) is 32.5 Å². The van der Waals surface area contributed by atoms with E-state index in [-0.39, 0.29) is 12.5 Å². The molecule has 1 saturated heterocycles. The van der Waals surface area contributed by atoms with Gasteiger partial charge in [-0.15, -0.1) is 0 Å². The zero-order valence-corrected chi connectivity index (χ0v) is 16.2. The van der Waals surface area contributed by atoms with Crippen LogP contribution in [0.15, 0.2) is 54.6 Å². The SMILES string of the molecule is Cc1ccc(C)c(-c2cccc3c(C(=O)N4CC[C@H](O)[C@@H](O)C4)cccc23)c1. The van der Waals surface area contributed by atoms with E-state index in [1.54, 1.807) is 4.90 Å². The summed E-state index contributed by atoms with van der Waals surface area (Å²) in [5.41, 5.74) is 5.32. The van der Waals surface area contributed by atoms with Crippen LogP contribution in [0.5, 0.6) is 0 Å². The highest BCUT2D eigenvalue weighted by atomic mass is 16.3. The Morgan fingerprint density at radius 2 is 1.68 bits per heavy atom. The lowest BCUT2D eigenvalue weighted by molar-refractivity contribution is -0.0321. The van der Waals surface area contributed by atoms with Gasteiger partial charge in [-0.1, -0.05) is 54.1 Å². The van der Waals surface area contributed by atoms with Crippen LogP contribution in [0, 0.1) is 13.8 Å². The van der Waals surface area contributed by atoms with Crippen molar-refractivity contribution in [3.05, 3.63) is 71.3 Å². The second-order valence-corrected chi connectivity index (χ2v) is 7.70. The molecule has 2 atom stereocenters. The second kappa shape index (κ2) is 7.38. The number of piperidine rings is 1. The van der Waals surface area contributed by atoms with Crippen molar-refractivity contribution in [3.8, 4) is 11.1 Å². The fourth-order valence-electron chi connectivity index (χ4n) is 4.03. The molecule has 0 saturated carbocycles. The van der Waals surface area contributed by atoms with Gasteiger partial charge >= 0.3 is 0 Å². The average Bonchev–Trinajstić information content (AvgIpc) is 2.70. The number of nitrogens with zero attached hydrogens (tertiary/aromatic N) is 1. The van der Waals surface area contributed by atoms with Gasteiger partial charge in [0.05, 0.1) is 12.2 Å². The van der Waals surface area contributed by atoms with E-state index in [1.807, 2.05) is 24.3 Å². The highest BCUT2D eigenvalue weighted by molar-refractivity contribution is 6.10. The van der Waals surface area contributed by atoms with Gasteiger partial charge in [-0.3, -0.25) is 4.79 Å². The van der Waals surface area contributed by atoms with Crippen molar-refractivity contribution in [1.29, 1.82) is 0 Å². The molecular weight excluding hydrogens is 350 g/mol. The van der Waals surface area contributed by atoms with Crippen LogP contribution in [-0.2, 0) is 0 Å². The van der Waals surface area contributed by atoms with Gasteiger partial charge in [-0.25, -0.2) is 0 Å². The van der Waals surface area contributed by atoms with Gasteiger partial charge < -0.3 is 15.1 Å². The quantitative estimate of drug-likeness (QED) is 0.718. The summed E-state index contributed by atoms with van der Waals surface area (Å²) >= 11 is 0. The Morgan fingerprint density at radius 3 is 2.46 bits per heavy atom. The molecular formula is C24H25NO3. The smallest absolute Gasteiger partial charge is 0.254 e. The Morgan fingerprint density at radius 1 is 0.929 bits per heavy atom. The minimum atomic E-state index is -0.891. The maximum Gasteiger partial charge on any atom is 0.254 e. The van der Waals surface area contributed by atoms with Crippen molar-refractivity contribution in [1.82, 2.24) is 4.90 Å². The summed E-state index contributed by atoms with van der Waals surface area (Å²) in [7, 11) is 0. The molecule has 0 aromatic heterocycles. The lowest BCUT2D eigenvalue weighted by Crippen LogP contribution is -2.49. The maximum absolute atomic E-state index is 13.2. The third-order valence-corrected chi connectivity index (χ3v) is 5.67. The van der Waals surface area contributed by atoms with Crippen molar-refractivity contribution in [2.24, 2.45) is 0 Å². The van der Waals surface area contributed by atoms with Gasteiger partial charge in [-0.05, 0) is 53.8 Å². The summed E-state index contributed by atoms with van der Waals surface area (Å²) in [5, 5.41) is 21.7. The van der Waals surface area contributed by atoms with E-state index >= 15 is 0 Å². The number of amides is 1. The van der Waals surface area contributed by atoms with E-state index in [2.05, 4.69) is 44.2 Å². The number of hydrogen-bond acceptors (Lipinski definition) is 3. The summed E-state index contributed by atoms with van der Waals surface area (Å²) in [5.74, 6) is -0.102. The van der Waals surface area contributed by atoms with Crippen LogP contribution in [0.2, 0.25) is 0 Å². The minimum Gasteiger partial charge on any atom is -0.390 e. The first-order valence-electron chi connectivity index (χ1n) is 9.70. The molecule has 1 amide bonds. The monoisotopic (exact) mass is 375 g/mol. The van der Waals surface area contributed by atoms with Crippen LogP contribution in [-0.4, -0.2) is 46.3 Å². The number of benzene rings is 3. The van der Waals surface area contributed by atoms with E-state index in [0.717, 1.165) is 16.3 Å². The Bertz CT molecular complexity index is 1040. The standard InChI is InChI=1S/C24H25NO3/c1-15-9-10-16(2)21(13-15)19-7-3-6-18-17(19)5-4-8-20(18)24(28)25-12-11-22(26)23(27)14-25/h3-10,13,22-23,26-27H,11-12,14H2,1-2H3/t22-,23-/m0/s1. The number of aryl methyl sites for hydroxylation is 2. The normalized spacial score (nSPS) is 19.8. The number of carbonyl (C=O) groups excluding carboxylic acids is 1. The molecule has 4 nitrogen and oxygen atoms in total. The van der Waals surface area contributed by atoms with E-state index < -0.39 is 12.2 Å². The summed E-state index contributed by atoms with van der Waals surface area (Å²) in [6.07, 6.45) is -1.25. The first-order chi connectivity index (χ1) is 13.5. The van der Waals surface area contributed by atoms with Crippen molar-refractivity contribution in [3.63, 3.8) is 0 Å². The number of rotatable bonds is 2. The van der Waals surface area contributed by atoms with Crippen LogP contribution < -0.4 is 0 Å². The van der Waals surface area contributed by atoms with E-state index in [4.69, 9.17) is 0 Å². The molecule has 1 heterocycles. The van der Waals surface area contributed by atoms with Crippen LogP contribution >= 0.6 is 0 Å². The molecule has 0 aliphatic carbocycles. The molecule has 3 aromatic carbocycles. The van der Waals surface area contributed by atoms with Crippen LogP contribution in [0.25, 0.3) is 21.9 Å². The van der Waals surface area contributed by atoms with E-state index in [9.17, 15) is 15.0 Å². The van der Waals surface area contributed by atoms with Gasteiger partial charge in [0.25, 0.3) is 5.91 Å². The fraction of sp³-hybridized carbons (Fsp3) is 0.292. The van der Waals surface area contributed by atoms with Gasteiger partial charge in [0.2, 0.25) is 0 Å². The van der Waals surface area contributed by atoms with Gasteiger partial charge in [-0.2, -0.15) is 0 Å². The number of fused-ring (bicyclic) bond motifs is 1. The lowest BCUT2D eigenvalue weighted by atomic mass is 9.92. The molecule has 4 heteroatoms. The molecule has 1 aliphatic heterocycles. The Hall–Kier alpha value is -2.69. The molecule has 0 bridgehead atoms. The third kappa shape index (κ3) is 3.30. The molecule has 2 N–H and O–H groups in total. The molecule has 0 spiro atoms. The molecule has 3 aromatic rings. The zero-order chi connectivity index (χ0) is 19.8. The molecule has 0 radical (unpaired) electrons. The molecule has 144 valence electrons. The second-order valence-electron chi connectivity index (χ2n) is 7.70.